The number of amides is 1. The van der Waals surface area contributed by atoms with E-state index in [0.717, 1.165) is 16.9 Å². The van der Waals surface area contributed by atoms with Crippen LogP contribution in [-0.2, 0) is 0 Å². The molecule has 0 radical (unpaired) electrons. The van der Waals surface area contributed by atoms with Crippen LogP contribution in [0.2, 0.25) is 0 Å². The average molecular weight is 286 g/mol. The lowest BCUT2D eigenvalue weighted by Gasteiger charge is -2.03. The first-order valence-electron chi connectivity index (χ1n) is 6.23. The number of carbonyl (C=O) groups excluding carboxylic acids is 1. The van der Waals surface area contributed by atoms with Crippen LogP contribution in [0.15, 0.2) is 23.7 Å². The Balaban J connectivity index is 2.01. The highest BCUT2D eigenvalue weighted by Crippen LogP contribution is 2.18. The monoisotopic (exact) mass is 286 g/mol. The lowest BCUT2D eigenvalue weighted by atomic mass is 10.3. The van der Waals surface area contributed by atoms with E-state index in [2.05, 4.69) is 15.3 Å². The summed E-state index contributed by atoms with van der Waals surface area (Å²) >= 11 is 1.42. The second-order valence-electron chi connectivity index (χ2n) is 4.73. The summed E-state index contributed by atoms with van der Waals surface area (Å²) < 4.78 is 1.80. The zero-order valence-electron chi connectivity index (χ0n) is 11.5. The van der Waals surface area contributed by atoms with Gasteiger partial charge in [-0.05, 0) is 38.5 Å². The third kappa shape index (κ3) is 2.18. The minimum absolute atomic E-state index is 0.187. The summed E-state index contributed by atoms with van der Waals surface area (Å²) in [4.78, 5) is 21.1. The molecule has 0 fully saturated rings. The molecule has 102 valence electrons. The summed E-state index contributed by atoms with van der Waals surface area (Å²) in [6, 6.07) is 3.91. The molecule has 0 aliphatic carbocycles. The summed E-state index contributed by atoms with van der Waals surface area (Å²) in [6.07, 6.45) is 1.87. The van der Waals surface area contributed by atoms with Gasteiger partial charge in [0.25, 0.3) is 5.91 Å². The van der Waals surface area contributed by atoms with Crippen molar-refractivity contribution in [1.82, 2.24) is 14.4 Å². The topological polar surface area (TPSA) is 59.3 Å². The Morgan fingerprint density at radius 3 is 2.80 bits per heavy atom. The number of thiazole rings is 1. The number of fused-ring (bicyclic) bond motifs is 1. The molecule has 5 nitrogen and oxygen atoms in total. The maximum atomic E-state index is 12.4. The molecule has 0 saturated carbocycles. The molecule has 0 aliphatic heterocycles. The highest BCUT2D eigenvalue weighted by molar-refractivity contribution is 7.13. The van der Waals surface area contributed by atoms with Gasteiger partial charge in [0.1, 0.15) is 11.3 Å². The van der Waals surface area contributed by atoms with Crippen LogP contribution in [0.4, 0.5) is 5.13 Å². The number of pyridine rings is 1. The predicted molar refractivity (Wildman–Crippen MR) is 79.5 cm³/mol. The SMILES string of the molecule is Cc1ccn2c(C(=O)Nc3nc(C)cs3)c(C)nc2c1. The van der Waals surface area contributed by atoms with E-state index in [9.17, 15) is 4.79 Å². The van der Waals surface area contributed by atoms with Crippen LogP contribution in [0.5, 0.6) is 0 Å². The highest BCUT2D eigenvalue weighted by Gasteiger charge is 2.17. The molecular formula is C14H14N4OS. The van der Waals surface area contributed by atoms with Crippen molar-refractivity contribution in [3.05, 3.63) is 46.4 Å². The first kappa shape index (κ1) is 12.8. The second-order valence-corrected chi connectivity index (χ2v) is 5.58. The van der Waals surface area contributed by atoms with Crippen molar-refractivity contribution in [2.75, 3.05) is 5.32 Å². The molecule has 0 bridgehead atoms. The summed E-state index contributed by atoms with van der Waals surface area (Å²) in [5, 5.41) is 5.33. The van der Waals surface area contributed by atoms with Gasteiger partial charge in [0.2, 0.25) is 0 Å². The maximum absolute atomic E-state index is 12.4. The van der Waals surface area contributed by atoms with Gasteiger partial charge in [0, 0.05) is 11.6 Å². The number of rotatable bonds is 2. The molecule has 3 rings (SSSR count). The van der Waals surface area contributed by atoms with Gasteiger partial charge in [-0.2, -0.15) is 0 Å². The number of imidazole rings is 1. The van der Waals surface area contributed by atoms with Gasteiger partial charge in [-0.3, -0.25) is 14.5 Å². The minimum atomic E-state index is -0.187. The van der Waals surface area contributed by atoms with Crippen LogP contribution < -0.4 is 5.32 Å². The van der Waals surface area contributed by atoms with Crippen molar-refractivity contribution in [3.8, 4) is 0 Å². The fraction of sp³-hybridized carbons (Fsp3) is 0.214. The fourth-order valence-electron chi connectivity index (χ4n) is 2.11. The number of nitrogens with one attached hydrogen (secondary N) is 1. The molecular weight excluding hydrogens is 272 g/mol. The van der Waals surface area contributed by atoms with E-state index >= 15 is 0 Å². The molecule has 0 aromatic carbocycles. The van der Waals surface area contributed by atoms with E-state index in [4.69, 9.17) is 0 Å². The Bertz CT molecular complexity index is 803. The molecule has 1 N–H and O–H groups in total. The van der Waals surface area contributed by atoms with Crippen molar-refractivity contribution in [1.29, 1.82) is 0 Å². The summed E-state index contributed by atoms with van der Waals surface area (Å²) in [5.74, 6) is -0.187. The molecule has 3 aromatic heterocycles. The molecule has 0 spiro atoms. The smallest absolute Gasteiger partial charge is 0.276 e. The van der Waals surface area contributed by atoms with E-state index in [0.29, 0.717) is 16.5 Å². The number of anilines is 1. The van der Waals surface area contributed by atoms with Crippen LogP contribution in [0.1, 0.15) is 27.4 Å². The van der Waals surface area contributed by atoms with E-state index in [-0.39, 0.29) is 5.91 Å². The van der Waals surface area contributed by atoms with Gasteiger partial charge in [0.15, 0.2) is 5.13 Å². The van der Waals surface area contributed by atoms with Crippen LogP contribution >= 0.6 is 11.3 Å². The Hall–Kier alpha value is -2.21. The third-order valence-corrected chi connectivity index (χ3v) is 3.89. The van der Waals surface area contributed by atoms with Crippen LogP contribution in [0.25, 0.3) is 5.65 Å². The van der Waals surface area contributed by atoms with Gasteiger partial charge in [-0.15, -0.1) is 11.3 Å². The molecule has 0 atom stereocenters. The first-order valence-corrected chi connectivity index (χ1v) is 7.11. The Morgan fingerprint density at radius 1 is 1.30 bits per heavy atom. The molecule has 6 heteroatoms. The van der Waals surface area contributed by atoms with Gasteiger partial charge in [0.05, 0.1) is 11.4 Å². The van der Waals surface area contributed by atoms with E-state index < -0.39 is 0 Å². The number of hydrogen-bond donors (Lipinski definition) is 1. The molecule has 3 heterocycles. The minimum Gasteiger partial charge on any atom is -0.296 e. The van der Waals surface area contributed by atoms with E-state index in [1.54, 1.807) is 4.40 Å². The number of aromatic nitrogens is 3. The second kappa shape index (κ2) is 4.72. The summed E-state index contributed by atoms with van der Waals surface area (Å²) in [5.41, 5.74) is 4.05. The number of aryl methyl sites for hydroxylation is 3. The van der Waals surface area contributed by atoms with Gasteiger partial charge < -0.3 is 0 Å². The lowest BCUT2D eigenvalue weighted by Crippen LogP contribution is -2.15. The van der Waals surface area contributed by atoms with Crippen molar-refractivity contribution in [2.45, 2.75) is 20.8 Å². The summed E-state index contributed by atoms with van der Waals surface area (Å²) in [7, 11) is 0. The number of nitrogens with zero attached hydrogens (tertiary/aromatic N) is 3. The third-order valence-electron chi connectivity index (χ3n) is 3.01. The molecule has 0 aliphatic rings. The zero-order chi connectivity index (χ0) is 14.3. The molecule has 0 saturated heterocycles. The fourth-order valence-corrected chi connectivity index (χ4v) is 2.79. The normalized spacial score (nSPS) is 10.9. The van der Waals surface area contributed by atoms with Crippen LogP contribution in [-0.4, -0.2) is 20.3 Å². The van der Waals surface area contributed by atoms with E-state index in [1.807, 2.05) is 44.5 Å². The average Bonchev–Trinajstić information content (AvgIpc) is 2.91. The van der Waals surface area contributed by atoms with Crippen LogP contribution in [0.3, 0.4) is 0 Å². The van der Waals surface area contributed by atoms with Crippen molar-refractivity contribution in [3.63, 3.8) is 0 Å². The van der Waals surface area contributed by atoms with Crippen molar-refractivity contribution >= 4 is 28.0 Å². The lowest BCUT2D eigenvalue weighted by molar-refractivity contribution is 0.102. The Morgan fingerprint density at radius 2 is 2.10 bits per heavy atom. The summed E-state index contributed by atoms with van der Waals surface area (Å²) in [6.45, 7) is 5.74. The molecule has 20 heavy (non-hydrogen) atoms. The van der Waals surface area contributed by atoms with Gasteiger partial charge >= 0.3 is 0 Å². The number of hydrogen-bond acceptors (Lipinski definition) is 4. The van der Waals surface area contributed by atoms with Crippen LogP contribution in [0, 0.1) is 20.8 Å². The van der Waals surface area contributed by atoms with Crippen molar-refractivity contribution in [2.24, 2.45) is 0 Å². The molecule has 1 amide bonds. The van der Waals surface area contributed by atoms with Gasteiger partial charge in [-0.1, -0.05) is 0 Å². The number of carbonyl (C=O) groups is 1. The largest absolute Gasteiger partial charge is 0.296 e. The predicted octanol–water partition coefficient (Wildman–Crippen LogP) is 2.97. The first-order chi connectivity index (χ1) is 9.54. The van der Waals surface area contributed by atoms with Gasteiger partial charge in [-0.25, -0.2) is 9.97 Å². The Labute approximate surface area is 120 Å². The van der Waals surface area contributed by atoms with Crippen molar-refractivity contribution < 1.29 is 4.79 Å². The standard InChI is InChI=1S/C14H14N4OS/c1-8-4-5-18-11(6-8)16-10(3)12(18)13(19)17-14-15-9(2)7-20-14/h4-7H,1-3H3,(H,15,17,19). The highest BCUT2D eigenvalue weighted by atomic mass is 32.1. The molecule has 3 aromatic rings. The Kier molecular flexibility index (Phi) is 3.02. The zero-order valence-corrected chi connectivity index (χ0v) is 12.3. The molecule has 0 unspecified atom stereocenters. The quantitative estimate of drug-likeness (QED) is 0.788. The maximum Gasteiger partial charge on any atom is 0.276 e. The van der Waals surface area contributed by atoms with E-state index in [1.165, 1.54) is 11.3 Å².